The number of nitriles is 1. The lowest BCUT2D eigenvalue weighted by Gasteiger charge is -2.15. The van der Waals surface area contributed by atoms with E-state index in [1.807, 2.05) is 103 Å². The number of benzene rings is 5. The van der Waals surface area contributed by atoms with Crippen molar-refractivity contribution in [3.05, 3.63) is 151 Å². The summed E-state index contributed by atoms with van der Waals surface area (Å²) < 4.78 is 2.24. The maximum atomic E-state index is 9.62. The first kappa shape index (κ1) is 26.2. The van der Waals surface area contributed by atoms with Gasteiger partial charge in [-0.2, -0.15) is 5.26 Å². The van der Waals surface area contributed by atoms with Crippen molar-refractivity contribution in [1.29, 1.82) is 5.26 Å². The Hall–Kier alpha value is -6.45. The van der Waals surface area contributed by atoms with E-state index in [0.29, 0.717) is 23.0 Å². The lowest BCUT2D eigenvalue weighted by molar-refractivity contribution is 1.07. The highest BCUT2D eigenvalue weighted by atomic mass is 15.0. The quantitative estimate of drug-likeness (QED) is 0.204. The van der Waals surface area contributed by atoms with E-state index in [-0.39, 0.29) is 0 Å². The van der Waals surface area contributed by atoms with Crippen LogP contribution < -0.4 is 0 Å². The molecule has 0 bridgehead atoms. The van der Waals surface area contributed by atoms with Gasteiger partial charge in [0.25, 0.3) is 0 Å². The summed E-state index contributed by atoms with van der Waals surface area (Å²) in [6.07, 6.45) is 3.59. The average molecular weight is 577 g/mol. The predicted molar refractivity (Wildman–Crippen MR) is 178 cm³/mol. The van der Waals surface area contributed by atoms with Crippen LogP contribution in [0.3, 0.4) is 0 Å². The van der Waals surface area contributed by atoms with Gasteiger partial charge in [0.2, 0.25) is 0 Å². The molecule has 0 fully saturated rings. The lowest BCUT2D eigenvalue weighted by Crippen LogP contribution is -2.02. The van der Waals surface area contributed by atoms with Gasteiger partial charge in [0.1, 0.15) is 0 Å². The Morgan fingerprint density at radius 2 is 1.11 bits per heavy atom. The summed E-state index contributed by atoms with van der Waals surface area (Å²) in [7, 11) is 0. The summed E-state index contributed by atoms with van der Waals surface area (Å²) in [6, 6.07) is 46.8. The third kappa shape index (κ3) is 4.69. The van der Waals surface area contributed by atoms with Gasteiger partial charge in [-0.05, 0) is 59.7 Å². The zero-order chi connectivity index (χ0) is 30.2. The molecule has 0 spiro atoms. The van der Waals surface area contributed by atoms with Gasteiger partial charge in [-0.1, -0.05) is 84.9 Å². The molecular formula is C39H24N6. The van der Waals surface area contributed by atoms with Gasteiger partial charge >= 0.3 is 0 Å². The van der Waals surface area contributed by atoms with E-state index in [9.17, 15) is 5.26 Å². The van der Waals surface area contributed by atoms with Crippen molar-refractivity contribution >= 4 is 21.8 Å². The summed E-state index contributed by atoms with van der Waals surface area (Å²) in [4.78, 5) is 19.3. The fraction of sp³-hybridized carbons (Fsp3) is 0. The molecule has 0 aliphatic heterocycles. The SMILES string of the molecule is N#Cc1ccc2c(c1)c1ccccc1n2-c1ccc(-c2ccncc2)c(-c2nc(-c3ccccc3)nc(-c3ccccc3)n2)c1. The summed E-state index contributed by atoms with van der Waals surface area (Å²) in [5, 5.41) is 11.7. The van der Waals surface area contributed by atoms with Crippen LogP contribution in [0.25, 0.3) is 72.8 Å². The molecule has 0 atom stereocenters. The summed E-state index contributed by atoms with van der Waals surface area (Å²) >= 11 is 0. The first-order valence-electron chi connectivity index (χ1n) is 14.6. The lowest BCUT2D eigenvalue weighted by atomic mass is 9.99. The largest absolute Gasteiger partial charge is 0.309 e. The van der Waals surface area contributed by atoms with Crippen LogP contribution in [-0.4, -0.2) is 24.5 Å². The van der Waals surface area contributed by atoms with Gasteiger partial charge in [-0.25, -0.2) is 15.0 Å². The van der Waals surface area contributed by atoms with Gasteiger partial charge in [0, 0.05) is 45.5 Å². The van der Waals surface area contributed by atoms with Crippen LogP contribution in [0.4, 0.5) is 0 Å². The fourth-order valence-corrected chi connectivity index (χ4v) is 5.89. The molecular weight excluding hydrogens is 552 g/mol. The molecule has 210 valence electrons. The molecule has 0 saturated heterocycles. The van der Waals surface area contributed by atoms with Crippen molar-refractivity contribution in [2.75, 3.05) is 0 Å². The van der Waals surface area contributed by atoms with Crippen LogP contribution in [0.5, 0.6) is 0 Å². The van der Waals surface area contributed by atoms with E-state index in [1.54, 1.807) is 12.4 Å². The molecule has 8 rings (SSSR count). The van der Waals surface area contributed by atoms with Crippen molar-refractivity contribution in [1.82, 2.24) is 24.5 Å². The van der Waals surface area contributed by atoms with Crippen molar-refractivity contribution < 1.29 is 0 Å². The Balaban J connectivity index is 1.42. The Kier molecular flexibility index (Phi) is 6.40. The minimum Gasteiger partial charge on any atom is -0.309 e. The molecule has 0 aliphatic rings. The molecule has 0 unspecified atom stereocenters. The Labute approximate surface area is 259 Å². The van der Waals surface area contributed by atoms with E-state index < -0.39 is 0 Å². The zero-order valence-corrected chi connectivity index (χ0v) is 24.0. The minimum absolute atomic E-state index is 0.573. The highest BCUT2D eigenvalue weighted by Crippen LogP contribution is 2.37. The Bertz CT molecular complexity index is 2320. The van der Waals surface area contributed by atoms with E-state index in [2.05, 4.69) is 46.0 Å². The number of aromatic nitrogens is 5. The smallest absolute Gasteiger partial charge is 0.164 e. The molecule has 45 heavy (non-hydrogen) atoms. The van der Waals surface area contributed by atoms with Crippen molar-refractivity contribution in [3.63, 3.8) is 0 Å². The molecule has 0 saturated carbocycles. The molecule has 0 N–H and O–H groups in total. The maximum absolute atomic E-state index is 9.62. The van der Waals surface area contributed by atoms with Crippen LogP contribution >= 0.6 is 0 Å². The zero-order valence-electron chi connectivity index (χ0n) is 24.0. The standard InChI is InChI=1S/C39H24N6/c40-25-26-15-18-36-33(23-26)32-13-7-8-14-35(32)45(36)30-16-17-31(27-19-21-41-22-20-27)34(24-30)39-43-37(28-9-3-1-4-10-28)42-38(44-39)29-11-5-2-6-12-29/h1-24H. The number of rotatable bonds is 5. The molecule has 0 aliphatic carbocycles. The van der Waals surface area contributed by atoms with Gasteiger partial charge in [-0.15, -0.1) is 0 Å². The van der Waals surface area contributed by atoms with Gasteiger partial charge in [0.05, 0.1) is 22.7 Å². The maximum Gasteiger partial charge on any atom is 0.164 e. The number of pyridine rings is 1. The second kappa shape index (κ2) is 11.0. The van der Waals surface area contributed by atoms with Crippen LogP contribution in [-0.2, 0) is 0 Å². The van der Waals surface area contributed by atoms with Crippen LogP contribution in [0.15, 0.2) is 146 Å². The summed E-state index contributed by atoms with van der Waals surface area (Å²) in [5.74, 6) is 1.78. The number of hydrogen-bond donors (Lipinski definition) is 0. The highest BCUT2D eigenvalue weighted by Gasteiger charge is 2.19. The monoisotopic (exact) mass is 576 g/mol. The van der Waals surface area contributed by atoms with Crippen molar-refractivity contribution in [2.24, 2.45) is 0 Å². The van der Waals surface area contributed by atoms with Crippen LogP contribution in [0.2, 0.25) is 0 Å². The number of hydrogen-bond acceptors (Lipinski definition) is 5. The van der Waals surface area contributed by atoms with E-state index in [0.717, 1.165) is 55.3 Å². The van der Waals surface area contributed by atoms with Crippen molar-refractivity contribution in [3.8, 4) is 57.0 Å². The topological polar surface area (TPSA) is 80.3 Å². The predicted octanol–water partition coefficient (Wildman–Crippen LogP) is 8.90. The molecule has 3 heterocycles. The fourth-order valence-electron chi connectivity index (χ4n) is 5.89. The van der Waals surface area contributed by atoms with Gasteiger partial charge in [-0.3, -0.25) is 4.98 Å². The number of nitrogens with zero attached hydrogens (tertiary/aromatic N) is 6. The summed E-state index contributed by atoms with van der Waals surface area (Å²) in [6.45, 7) is 0. The van der Waals surface area contributed by atoms with Gasteiger partial charge in [0.15, 0.2) is 17.5 Å². The van der Waals surface area contributed by atoms with E-state index >= 15 is 0 Å². The molecule has 0 amide bonds. The van der Waals surface area contributed by atoms with Crippen LogP contribution in [0.1, 0.15) is 5.56 Å². The Morgan fingerprint density at radius 1 is 0.489 bits per heavy atom. The number of fused-ring (bicyclic) bond motifs is 3. The van der Waals surface area contributed by atoms with E-state index in [1.165, 1.54) is 0 Å². The first-order valence-corrected chi connectivity index (χ1v) is 14.6. The summed E-state index contributed by atoms with van der Waals surface area (Å²) in [5.41, 5.74) is 8.35. The van der Waals surface area contributed by atoms with Gasteiger partial charge < -0.3 is 4.57 Å². The van der Waals surface area contributed by atoms with Crippen LogP contribution in [0, 0.1) is 11.3 Å². The second-order valence-electron chi connectivity index (χ2n) is 10.7. The third-order valence-corrected chi connectivity index (χ3v) is 7.99. The first-order chi connectivity index (χ1) is 22.3. The molecule has 0 radical (unpaired) electrons. The average Bonchev–Trinajstić information content (AvgIpc) is 3.46. The number of para-hydroxylation sites is 1. The molecule has 8 aromatic rings. The second-order valence-corrected chi connectivity index (χ2v) is 10.7. The molecule has 6 nitrogen and oxygen atoms in total. The Morgan fingerprint density at radius 3 is 1.80 bits per heavy atom. The highest BCUT2D eigenvalue weighted by molar-refractivity contribution is 6.09. The van der Waals surface area contributed by atoms with Crippen molar-refractivity contribution in [2.45, 2.75) is 0 Å². The third-order valence-electron chi connectivity index (χ3n) is 7.99. The minimum atomic E-state index is 0.573. The molecule has 6 heteroatoms. The molecule has 3 aromatic heterocycles. The molecule has 5 aromatic carbocycles. The van der Waals surface area contributed by atoms with E-state index in [4.69, 9.17) is 15.0 Å². The normalized spacial score (nSPS) is 11.1.